The number of nitrogens with one attached hydrogen (secondary N) is 1. The topological polar surface area (TPSA) is 106 Å². The van der Waals surface area contributed by atoms with E-state index in [-0.39, 0.29) is 42.1 Å². The molecule has 4 aromatic rings. The van der Waals surface area contributed by atoms with Gasteiger partial charge in [-0.3, -0.25) is 14.5 Å². The fraction of sp³-hybridized carbons (Fsp3) is 0.423. The van der Waals surface area contributed by atoms with Crippen molar-refractivity contribution in [3.63, 3.8) is 0 Å². The van der Waals surface area contributed by atoms with Gasteiger partial charge in [-0.25, -0.2) is 4.39 Å². The highest BCUT2D eigenvalue weighted by Gasteiger charge is 2.31. The Labute approximate surface area is 226 Å². The minimum atomic E-state index is -4.54. The van der Waals surface area contributed by atoms with E-state index in [1.165, 1.54) is 18.3 Å². The number of fused-ring (bicyclic) bond motifs is 1. The average Bonchev–Trinajstić information content (AvgIpc) is 3.63. The molecule has 1 atom stereocenters. The number of nitrogens with zero attached hydrogens (tertiary/aromatic N) is 7. The predicted molar refractivity (Wildman–Crippen MR) is 139 cm³/mol. The van der Waals surface area contributed by atoms with Crippen LogP contribution in [0.5, 0.6) is 0 Å². The number of alkyl halides is 4. The van der Waals surface area contributed by atoms with E-state index < -0.39 is 24.8 Å². The Morgan fingerprint density at radius 1 is 1.30 bits per heavy atom. The van der Waals surface area contributed by atoms with E-state index in [2.05, 4.69) is 25.5 Å². The van der Waals surface area contributed by atoms with E-state index in [9.17, 15) is 22.4 Å². The standard InChI is InChI=1S/C26H28F4N8O2/c1-15(2)38-12-16(10-32-38)25(39)31-11-23-34-24(35-40-23)22-9-17-19(33-20-7-8-36(3)13-18(20)27)5-4-6-21(17)37(22)14-26(28,29)30/h4-6,9-10,12,15,18H,7-8,11,13-14H2,1-3H3,(H,31,39)/t18-/m0/s1. The van der Waals surface area contributed by atoms with Gasteiger partial charge in [-0.1, -0.05) is 11.2 Å². The zero-order valence-corrected chi connectivity index (χ0v) is 22.1. The van der Waals surface area contributed by atoms with Crippen molar-refractivity contribution in [1.29, 1.82) is 0 Å². The second kappa shape index (κ2) is 10.8. The molecule has 1 aliphatic heterocycles. The van der Waals surface area contributed by atoms with Gasteiger partial charge in [0.15, 0.2) is 6.17 Å². The van der Waals surface area contributed by atoms with Gasteiger partial charge in [-0.2, -0.15) is 23.3 Å². The number of amides is 1. The average molecular weight is 561 g/mol. The fourth-order valence-electron chi connectivity index (χ4n) is 4.54. The first-order chi connectivity index (χ1) is 19.0. The third-order valence-corrected chi connectivity index (χ3v) is 6.60. The van der Waals surface area contributed by atoms with Crippen LogP contribution in [0.4, 0.5) is 23.2 Å². The highest BCUT2D eigenvalue weighted by molar-refractivity contribution is 5.99. The molecule has 0 saturated carbocycles. The lowest BCUT2D eigenvalue weighted by Crippen LogP contribution is -2.39. The summed E-state index contributed by atoms with van der Waals surface area (Å²) >= 11 is 0. The summed E-state index contributed by atoms with van der Waals surface area (Å²) in [6.45, 7) is 3.26. The molecule has 1 aromatic carbocycles. The summed E-state index contributed by atoms with van der Waals surface area (Å²) in [6.07, 6.45) is -2.35. The van der Waals surface area contributed by atoms with E-state index in [1.54, 1.807) is 23.0 Å². The first-order valence-electron chi connectivity index (χ1n) is 12.7. The SMILES string of the molecule is CC(C)n1cc(C(=O)NCc2nc(-c3cc4c(N=C5CCN(C)C[C@@H]5F)cccc4n3CC(F)(F)F)no2)cn1. The highest BCUT2D eigenvalue weighted by Crippen LogP contribution is 2.35. The summed E-state index contributed by atoms with van der Waals surface area (Å²) < 4.78 is 63.4. The van der Waals surface area contributed by atoms with E-state index in [0.29, 0.717) is 35.3 Å². The number of aromatic nitrogens is 5. The molecule has 0 aliphatic carbocycles. The lowest BCUT2D eigenvalue weighted by Gasteiger charge is -2.26. The number of halogens is 4. The van der Waals surface area contributed by atoms with Crippen molar-refractivity contribution in [3.8, 4) is 11.5 Å². The number of hydrogen-bond acceptors (Lipinski definition) is 7. The van der Waals surface area contributed by atoms with Gasteiger partial charge in [-0.15, -0.1) is 0 Å². The molecule has 0 radical (unpaired) electrons. The molecule has 14 heteroatoms. The van der Waals surface area contributed by atoms with Crippen molar-refractivity contribution in [2.24, 2.45) is 4.99 Å². The van der Waals surface area contributed by atoms with Gasteiger partial charge in [0.2, 0.25) is 11.7 Å². The molecule has 5 rings (SSSR count). The normalized spacial score (nSPS) is 17.8. The van der Waals surface area contributed by atoms with Gasteiger partial charge in [0.25, 0.3) is 5.91 Å². The molecule has 1 N–H and O–H groups in total. The van der Waals surface area contributed by atoms with Gasteiger partial charge in [0.05, 0.1) is 40.9 Å². The van der Waals surface area contributed by atoms with Gasteiger partial charge in [0.1, 0.15) is 6.54 Å². The van der Waals surface area contributed by atoms with Gasteiger partial charge in [0, 0.05) is 37.1 Å². The zero-order chi connectivity index (χ0) is 28.6. The molecule has 0 unspecified atom stereocenters. The lowest BCUT2D eigenvalue weighted by atomic mass is 10.1. The van der Waals surface area contributed by atoms with Crippen LogP contribution in [-0.4, -0.2) is 73.5 Å². The maximum atomic E-state index is 14.6. The summed E-state index contributed by atoms with van der Waals surface area (Å²) in [5.41, 5.74) is 1.36. The van der Waals surface area contributed by atoms with Gasteiger partial charge < -0.3 is 19.3 Å². The van der Waals surface area contributed by atoms with Crippen molar-refractivity contribution in [1.82, 2.24) is 34.7 Å². The van der Waals surface area contributed by atoms with Crippen molar-refractivity contribution in [2.45, 2.75) is 51.7 Å². The highest BCUT2D eigenvalue weighted by atomic mass is 19.4. The van der Waals surface area contributed by atoms with Crippen LogP contribution in [0.25, 0.3) is 22.4 Å². The number of piperidine rings is 1. The van der Waals surface area contributed by atoms with Crippen LogP contribution in [0.15, 0.2) is 46.2 Å². The van der Waals surface area contributed by atoms with Crippen LogP contribution >= 0.6 is 0 Å². The van der Waals surface area contributed by atoms with Crippen LogP contribution in [0.2, 0.25) is 0 Å². The first-order valence-corrected chi connectivity index (χ1v) is 12.7. The Morgan fingerprint density at radius 2 is 2.10 bits per heavy atom. The molecule has 1 amide bonds. The van der Waals surface area contributed by atoms with Gasteiger partial charge in [-0.05, 0) is 39.1 Å². The largest absolute Gasteiger partial charge is 0.406 e. The molecule has 10 nitrogen and oxygen atoms in total. The van der Waals surface area contributed by atoms with Crippen molar-refractivity contribution in [2.75, 3.05) is 20.1 Å². The van der Waals surface area contributed by atoms with Crippen LogP contribution < -0.4 is 5.32 Å². The molecule has 3 aromatic heterocycles. The molecule has 40 heavy (non-hydrogen) atoms. The Bertz CT molecular complexity index is 1550. The summed E-state index contributed by atoms with van der Waals surface area (Å²) in [5.74, 6) is -0.490. The monoisotopic (exact) mass is 560 g/mol. The Morgan fingerprint density at radius 3 is 2.80 bits per heavy atom. The van der Waals surface area contributed by atoms with Gasteiger partial charge >= 0.3 is 6.18 Å². The summed E-state index contributed by atoms with van der Waals surface area (Å²) in [7, 11) is 1.82. The molecule has 1 saturated heterocycles. The Kier molecular flexibility index (Phi) is 7.45. The second-order valence-electron chi connectivity index (χ2n) is 10.0. The maximum Gasteiger partial charge on any atom is 0.406 e. The quantitative estimate of drug-likeness (QED) is 0.328. The summed E-state index contributed by atoms with van der Waals surface area (Å²) in [5, 5.41) is 11.0. The fourth-order valence-corrected chi connectivity index (χ4v) is 4.54. The number of carbonyl (C=O) groups is 1. The minimum Gasteiger partial charge on any atom is -0.343 e. The molecule has 4 heterocycles. The number of aliphatic imine (C=N–C) groups is 1. The van der Waals surface area contributed by atoms with Crippen molar-refractivity contribution in [3.05, 3.63) is 48.1 Å². The van der Waals surface area contributed by atoms with E-state index >= 15 is 0 Å². The molecular weight excluding hydrogens is 532 g/mol. The Balaban J connectivity index is 1.44. The lowest BCUT2D eigenvalue weighted by molar-refractivity contribution is -0.139. The molecule has 0 spiro atoms. The number of benzene rings is 1. The maximum absolute atomic E-state index is 14.6. The van der Waals surface area contributed by atoms with Crippen LogP contribution in [0.3, 0.4) is 0 Å². The van der Waals surface area contributed by atoms with E-state index in [1.807, 2.05) is 25.8 Å². The van der Waals surface area contributed by atoms with Crippen LogP contribution in [0, 0.1) is 0 Å². The van der Waals surface area contributed by atoms with E-state index in [0.717, 1.165) is 4.57 Å². The van der Waals surface area contributed by atoms with Crippen LogP contribution in [0.1, 0.15) is 42.6 Å². The third kappa shape index (κ3) is 5.91. The minimum absolute atomic E-state index is 0.00970. The number of rotatable bonds is 7. The Hall–Kier alpha value is -4.07. The third-order valence-electron chi connectivity index (χ3n) is 6.60. The van der Waals surface area contributed by atoms with Crippen molar-refractivity contribution < 1.29 is 26.9 Å². The number of hydrogen-bond donors (Lipinski definition) is 1. The summed E-state index contributed by atoms with van der Waals surface area (Å²) in [4.78, 5) is 23.1. The predicted octanol–water partition coefficient (Wildman–Crippen LogP) is 4.71. The number of carbonyl (C=O) groups excluding carboxylic acids is 1. The zero-order valence-electron chi connectivity index (χ0n) is 22.1. The molecule has 1 fully saturated rings. The number of likely N-dealkylation sites (tertiary alicyclic amines) is 1. The molecule has 0 bridgehead atoms. The smallest absolute Gasteiger partial charge is 0.343 e. The van der Waals surface area contributed by atoms with E-state index in [4.69, 9.17) is 4.52 Å². The molecule has 212 valence electrons. The molecular formula is C26H28F4N8O2. The second-order valence-corrected chi connectivity index (χ2v) is 10.0. The van der Waals surface area contributed by atoms with Crippen molar-refractivity contribution >= 4 is 28.2 Å². The first kappa shape index (κ1) is 27.5. The molecule has 1 aliphatic rings. The van der Waals surface area contributed by atoms with Crippen LogP contribution in [-0.2, 0) is 13.1 Å². The summed E-state index contributed by atoms with van der Waals surface area (Å²) in [6, 6.07) is 6.34.